The fourth-order valence-corrected chi connectivity index (χ4v) is 10.6. The van der Waals surface area contributed by atoms with Gasteiger partial charge < -0.3 is 4.74 Å². The molecule has 0 radical (unpaired) electrons. The van der Waals surface area contributed by atoms with Crippen LogP contribution >= 0.6 is 0 Å². The molecule has 3 fully saturated rings. The van der Waals surface area contributed by atoms with Gasteiger partial charge in [-0.15, -0.1) is 0 Å². The van der Waals surface area contributed by atoms with E-state index >= 15 is 0 Å². The van der Waals surface area contributed by atoms with Gasteiger partial charge in [0.1, 0.15) is 6.10 Å². The molecule has 4 aliphatic carbocycles. The van der Waals surface area contributed by atoms with Gasteiger partial charge in [0.05, 0.1) is 5.56 Å². The molecule has 1 unspecified atom stereocenters. The zero-order valence-electron chi connectivity index (χ0n) is 28.3. The molecule has 0 amide bonds. The summed E-state index contributed by atoms with van der Waals surface area (Å²) in [7, 11) is 0. The topological polar surface area (TPSA) is 43.4 Å². The van der Waals surface area contributed by atoms with Gasteiger partial charge in [0.25, 0.3) is 0 Å². The third-order valence-electron chi connectivity index (χ3n) is 13.6. The minimum atomic E-state index is -0.211. The second-order valence-electron chi connectivity index (χ2n) is 17.6. The maximum absolute atomic E-state index is 13.9. The molecule has 42 heavy (non-hydrogen) atoms. The van der Waals surface area contributed by atoms with Crippen LogP contribution in [0.2, 0.25) is 0 Å². The van der Waals surface area contributed by atoms with Crippen molar-refractivity contribution in [1.82, 2.24) is 0 Å². The van der Waals surface area contributed by atoms with Crippen LogP contribution < -0.4 is 0 Å². The maximum Gasteiger partial charge on any atom is 0.338 e. The summed E-state index contributed by atoms with van der Waals surface area (Å²) in [6, 6.07) is 9.48. The molecule has 0 N–H and O–H groups in total. The van der Waals surface area contributed by atoms with Crippen molar-refractivity contribution in [3.63, 3.8) is 0 Å². The number of carbonyl (C=O) groups excluding carboxylic acids is 2. The number of hydrogen-bond acceptors (Lipinski definition) is 3. The summed E-state index contributed by atoms with van der Waals surface area (Å²) in [5.74, 6) is 2.55. The Hall–Kier alpha value is -1.90. The number of hydrogen-bond donors (Lipinski definition) is 0. The van der Waals surface area contributed by atoms with E-state index in [1.807, 2.05) is 30.3 Å². The molecular weight excluding hydrogens is 516 g/mol. The highest BCUT2D eigenvalue weighted by atomic mass is 16.5. The molecule has 0 saturated heterocycles. The lowest BCUT2D eigenvalue weighted by Gasteiger charge is -2.62. The van der Waals surface area contributed by atoms with Gasteiger partial charge in [0.2, 0.25) is 0 Å². The summed E-state index contributed by atoms with van der Waals surface area (Å²) < 4.78 is 6.49. The first-order valence-corrected chi connectivity index (χ1v) is 17.0. The fourth-order valence-electron chi connectivity index (χ4n) is 10.6. The average molecular weight is 575 g/mol. The molecule has 232 valence electrons. The molecule has 0 spiro atoms. The van der Waals surface area contributed by atoms with Crippen LogP contribution in [0.1, 0.15) is 131 Å². The smallest absolute Gasteiger partial charge is 0.338 e. The molecule has 3 heteroatoms. The molecule has 1 aromatic carbocycles. The summed E-state index contributed by atoms with van der Waals surface area (Å²) in [4.78, 5) is 27.3. The Labute approximate surface area is 256 Å². The van der Waals surface area contributed by atoms with Crippen LogP contribution in [-0.2, 0) is 9.53 Å². The lowest BCUT2D eigenvalue weighted by atomic mass is 9.42. The first kappa shape index (κ1) is 31.5. The van der Waals surface area contributed by atoms with Crippen molar-refractivity contribution in [1.29, 1.82) is 0 Å². The normalized spacial score (nSPS) is 39.0. The molecular formula is C39H58O3. The van der Waals surface area contributed by atoms with Crippen LogP contribution in [-0.4, -0.2) is 17.9 Å². The average Bonchev–Trinajstić information content (AvgIpc) is 3.20. The number of carbonyl (C=O) groups is 2. The van der Waals surface area contributed by atoms with Crippen LogP contribution in [0.15, 0.2) is 42.0 Å². The highest BCUT2D eigenvalue weighted by Crippen LogP contribution is 2.73. The third kappa shape index (κ3) is 5.03. The molecule has 3 saturated carbocycles. The van der Waals surface area contributed by atoms with Gasteiger partial charge >= 0.3 is 5.97 Å². The van der Waals surface area contributed by atoms with Crippen molar-refractivity contribution < 1.29 is 14.3 Å². The van der Waals surface area contributed by atoms with Gasteiger partial charge in [0, 0.05) is 11.3 Å². The summed E-state index contributed by atoms with van der Waals surface area (Å²) in [5.41, 5.74) is 2.17. The molecule has 9 atom stereocenters. The van der Waals surface area contributed by atoms with Crippen LogP contribution in [0.4, 0.5) is 0 Å². The van der Waals surface area contributed by atoms with Crippen molar-refractivity contribution in [2.24, 2.45) is 56.7 Å². The standard InChI is InChI=1S/C39H58O3/c1-25-22-30-31(40)23-29-28(37(30,8)24-26(25)2)16-20-39(10)32(17-21-38(29,39)9)36(6,7)33(18-19-35(3,4)5)42-34(41)27-14-12-11-13-15-27/h11-15,23,25-26,28,30,32-33H,16-22,24H2,1-10H3/t25-,26+,28?,30+,32-,33-,37-,38+,39-/m1/s1. The molecule has 4 aliphatic rings. The largest absolute Gasteiger partial charge is 0.458 e. The van der Waals surface area contributed by atoms with Crippen LogP contribution in [0.3, 0.4) is 0 Å². The quantitative estimate of drug-likeness (QED) is 0.318. The van der Waals surface area contributed by atoms with Crippen molar-refractivity contribution in [2.75, 3.05) is 0 Å². The van der Waals surface area contributed by atoms with Crippen LogP contribution in [0.25, 0.3) is 0 Å². The Morgan fingerprint density at radius 2 is 1.62 bits per heavy atom. The van der Waals surface area contributed by atoms with Gasteiger partial charge in [-0.25, -0.2) is 4.79 Å². The number of esters is 1. The Bertz CT molecular complexity index is 1220. The first-order chi connectivity index (χ1) is 19.4. The highest BCUT2D eigenvalue weighted by Gasteiger charge is 2.67. The van der Waals surface area contributed by atoms with E-state index < -0.39 is 0 Å². The number of ketones is 1. The highest BCUT2D eigenvalue weighted by molar-refractivity contribution is 5.94. The lowest BCUT2D eigenvalue weighted by Crippen LogP contribution is -2.57. The fraction of sp³-hybridized carbons (Fsp3) is 0.744. The molecule has 5 rings (SSSR count). The van der Waals surface area contributed by atoms with E-state index in [2.05, 4.69) is 75.3 Å². The van der Waals surface area contributed by atoms with E-state index in [4.69, 9.17) is 4.74 Å². The van der Waals surface area contributed by atoms with Gasteiger partial charge in [-0.1, -0.05) is 93.0 Å². The summed E-state index contributed by atoms with van der Waals surface area (Å²) in [5, 5.41) is 0. The molecule has 3 nitrogen and oxygen atoms in total. The molecule has 0 aromatic heterocycles. The van der Waals surface area contributed by atoms with Crippen molar-refractivity contribution in [3.8, 4) is 0 Å². The Morgan fingerprint density at radius 1 is 0.952 bits per heavy atom. The molecule has 0 aliphatic heterocycles. The zero-order chi connectivity index (χ0) is 30.9. The first-order valence-electron chi connectivity index (χ1n) is 17.0. The number of benzene rings is 1. The second-order valence-corrected chi connectivity index (χ2v) is 17.6. The maximum atomic E-state index is 13.9. The zero-order valence-corrected chi connectivity index (χ0v) is 28.3. The van der Waals surface area contributed by atoms with E-state index in [1.165, 1.54) is 24.8 Å². The van der Waals surface area contributed by atoms with E-state index in [9.17, 15) is 9.59 Å². The van der Waals surface area contributed by atoms with Crippen LogP contribution in [0, 0.1) is 56.7 Å². The van der Waals surface area contributed by atoms with Crippen molar-refractivity contribution in [3.05, 3.63) is 47.5 Å². The number of allylic oxidation sites excluding steroid dienone is 2. The summed E-state index contributed by atoms with van der Waals surface area (Å²) in [6.07, 6.45) is 10.6. The lowest BCUT2D eigenvalue weighted by molar-refractivity contribution is -0.135. The molecule has 0 bridgehead atoms. The molecule has 0 heterocycles. The minimum Gasteiger partial charge on any atom is -0.458 e. The van der Waals surface area contributed by atoms with Crippen molar-refractivity contribution in [2.45, 2.75) is 127 Å². The SMILES string of the molecule is C[C@@H]1C[C@H]2C(=O)C=C3C(CC[C@]4(C)[C@@H](C(C)(C)[C@@H](CCC(C)(C)C)OC(=O)c5ccccc5)CC[C@@]34C)[C@@]2(C)C[C@@H]1C. The summed E-state index contributed by atoms with van der Waals surface area (Å²) in [6.45, 7) is 23.8. The van der Waals surface area contributed by atoms with E-state index in [-0.39, 0.29) is 45.1 Å². The molecule has 1 aromatic rings. The number of ether oxygens (including phenoxy) is 1. The number of rotatable bonds is 6. The predicted molar refractivity (Wildman–Crippen MR) is 172 cm³/mol. The predicted octanol–water partition coefficient (Wildman–Crippen LogP) is 10.1. The van der Waals surface area contributed by atoms with Crippen molar-refractivity contribution >= 4 is 11.8 Å². The Balaban J connectivity index is 1.48. The summed E-state index contributed by atoms with van der Waals surface area (Å²) >= 11 is 0. The Kier molecular flexibility index (Phi) is 7.97. The second kappa shape index (κ2) is 10.6. The van der Waals surface area contributed by atoms with Gasteiger partial charge in [-0.05, 0) is 115 Å². The monoisotopic (exact) mass is 574 g/mol. The van der Waals surface area contributed by atoms with Crippen LogP contribution in [0.5, 0.6) is 0 Å². The number of fused-ring (bicyclic) bond motifs is 5. The van der Waals surface area contributed by atoms with E-state index in [0.29, 0.717) is 35.0 Å². The third-order valence-corrected chi connectivity index (χ3v) is 13.6. The van der Waals surface area contributed by atoms with E-state index in [0.717, 1.165) is 32.1 Å². The van der Waals surface area contributed by atoms with Gasteiger partial charge in [0.15, 0.2) is 5.78 Å². The van der Waals surface area contributed by atoms with Gasteiger partial charge in [-0.3, -0.25) is 4.79 Å². The minimum absolute atomic E-state index is 0.00812. The van der Waals surface area contributed by atoms with E-state index in [1.54, 1.807) is 0 Å². The van der Waals surface area contributed by atoms with Gasteiger partial charge in [-0.2, -0.15) is 0 Å². The Morgan fingerprint density at radius 3 is 2.26 bits per heavy atom.